The van der Waals surface area contributed by atoms with Crippen LogP contribution in [0.4, 0.5) is 0 Å². The van der Waals surface area contributed by atoms with Gasteiger partial charge in [0, 0.05) is 38.0 Å². The van der Waals surface area contributed by atoms with Crippen molar-refractivity contribution >= 4 is 29.9 Å². The van der Waals surface area contributed by atoms with Crippen LogP contribution >= 0.6 is 24.0 Å². The van der Waals surface area contributed by atoms with Gasteiger partial charge in [0.1, 0.15) is 24.0 Å². The zero-order valence-electron chi connectivity index (χ0n) is 18.5. The molecule has 1 aliphatic rings. The van der Waals surface area contributed by atoms with Crippen molar-refractivity contribution in [2.75, 3.05) is 19.7 Å². The summed E-state index contributed by atoms with van der Waals surface area (Å²) in [6, 6.07) is 7.99. The highest BCUT2D eigenvalue weighted by Crippen LogP contribution is 2.19. The lowest BCUT2D eigenvalue weighted by Gasteiger charge is -2.13. The Balaban J connectivity index is 0.00000341. The number of hydrogen-bond acceptors (Lipinski definition) is 4. The van der Waals surface area contributed by atoms with E-state index in [1.54, 1.807) is 6.08 Å². The van der Waals surface area contributed by atoms with Gasteiger partial charge in [0.25, 0.3) is 0 Å². The first-order chi connectivity index (χ1) is 14.8. The van der Waals surface area contributed by atoms with E-state index in [2.05, 4.69) is 38.9 Å². The molecule has 0 bridgehead atoms. The van der Waals surface area contributed by atoms with Gasteiger partial charge in [0.15, 0.2) is 5.96 Å². The molecule has 8 heteroatoms. The van der Waals surface area contributed by atoms with Gasteiger partial charge in [-0.25, -0.2) is 4.99 Å². The standard InChI is InChI=1S/C23H34N6O.HI/c1-3-17-30-20-12-8-7-11-19(20)18-26-23(24-4-2)25-15-10-14-22-28-27-21-13-6-5-9-16-29(21)22;/h3,7-8,11-12H,1,4-6,9-10,13-18H2,2H3,(H2,24,25,26);1H. The molecule has 0 aliphatic carbocycles. The number of guanidine groups is 1. The Morgan fingerprint density at radius 1 is 1.23 bits per heavy atom. The van der Waals surface area contributed by atoms with E-state index in [0.717, 1.165) is 67.8 Å². The summed E-state index contributed by atoms with van der Waals surface area (Å²) < 4.78 is 8.06. The number of nitrogens with zero attached hydrogens (tertiary/aromatic N) is 4. The van der Waals surface area contributed by atoms with Gasteiger partial charge in [-0.15, -0.1) is 34.2 Å². The molecule has 31 heavy (non-hydrogen) atoms. The SMILES string of the molecule is C=CCOc1ccccc1CN=C(NCC)NCCCc1nnc2n1CCCCC2.I. The van der Waals surface area contributed by atoms with Crippen molar-refractivity contribution < 1.29 is 4.74 Å². The van der Waals surface area contributed by atoms with Crippen LogP contribution in [0.3, 0.4) is 0 Å². The lowest BCUT2D eigenvalue weighted by Crippen LogP contribution is -2.37. The molecule has 7 nitrogen and oxygen atoms in total. The van der Waals surface area contributed by atoms with Gasteiger partial charge in [-0.2, -0.15) is 0 Å². The van der Waals surface area contributed by atoms with Crippen LogP contribution in [0.15, 0.2) is 41.9 Å². The molecule has 2 heterocycles. The Kier molecular flexibility index (Phi) is 11.4. The summed E-state index contributed by atoms with van der Waals surface area (Å²) in [5.41, 5.74) is 1.06. The van der Waals surface area contributed by atoms with Crippen LogP contribution in [-0.4, -0.2) is 40.4 Å². The number of fused-ring (bicyclic) bond motifs is 1. The Morgan fingerprint density at radius 2 is 2.10 bits per heavy atom. The highest BCUT2D eigenvalue weighted by Gasteiger charge is 2.14. The van der Waals surface area contributed by atoms with Crippen molar-refractivity contribution in [1.82, 2.24) is 25.4 Å². The van der Waals surface area contributed by atoms with Gasteiger partial charge in [0.05, 0.1) is 6.54 Å². The fraction of sp³-hybridized carbons (Fsp3) is 0.522. The minimum atomic E-state index is 0. The predicted octanol–water partition coefficient (Wildman–Crippen LogP) is 3.88. The largest absolute Gasteiger partial charge is 0.489 e. The van der Waals surface area contributed by atoms with E-state index < -0.39 is 0 Å². The van der Waals surface area contributed by atoms with Crippen molar-refractivity contribution in [2.45, 2.75) is 58.5 Å². The van der Waals surface area contributed by atoms with Gasteiger partial charge in [-0.1, -0.05) is 37.3 Å². The van der Waals surface area contributed by atoms with Crippen LogP contribution < -0.4 is 15.4 Å². The normalized spacial score (nSPS) is 13.5. The number of nitrogens with one attached hydrogen (secondary N) is 2. The molecule has 1 aliphatic heterocycles. The number of aliphatic imine (C=N–C) groups is 1. The fourth-order valence-electron chi connectivity index (χ4n) is 3.61. The number of aromatic nitrogens is 3. The van der Waals surface area contributed by atoms with Crippen LogP contribution in [0.25, 0.3) is 0 Å². The van der Waals surface area contributed by atoms with Gasteiger partial charge in [-0.3, -0.25) is 0 Å². The van der Waals surface area contributed by atoms with Gasteiger partial charge in [-0.05, 0) is 32.3 Å². The zero-order valence-corrected chi connectivity index (χ0v) is 20.8. The topological polar surface area (TPSA) is 76.4 Å². The Hall–Kier alpha value is -2.10. The summed E-state index contributed by atoms with van der Waals surface area (Å²) in [5, 5.41) is 15.6. The van der Waals surface area contributed by atoms with E-state index in [-0.39, 0.29) is 24.0 Å². The van der Waals surface area contributed by atoms with Crippen LogP contribution in [0.5, 0.6) is 5.75 Å². The molecule has 0 saturated carbocycles. The number of para-hydroxylation sites is 1. The molecular weight excluding hydrogens is 503 g/mol. The maximum Gasteiger partial charge on any atom is 0.191 e. The predicted molar refractivity (Wildman–Crippen MR) is 136 cm³/mol. The van der Waals surface area contributed by atoms with E-state index in [0.29, 0.717) is 13.2 Å². The fourth-order valence-corrected chi connectivity index (χ4v) is 3.61. The molecule has 3 rings (SSSR count). The number of hydrogen-bond donors (Lipinski definition) is 2. The van der Waals surface area contributed by atoms with Crippen LogP contribution in [-0.2, 0) is 25.9 Å². The van der Waals surface area contributed by atoms with E-state index >= 15 is 0 Å². The molecule has 0 fully saturated rings. The average Bonchev–Trinajstić information content (AvgIpc) is 2.99. The molecule has 170 valence electrons. The summed E-state index contributed by atoms with van der Waals surface area (Å²) in [6.07, 6.45) is 8.46. The molecule has 2 aromatic rings. The first-order valence-electron chi connectivity index (χ1n) is 11.1. The Morgan fingerprint density at radius 3 is 2.94 bits per heavy atom. The molecule has 1 aromatic heterocycles. The summed E-state index contributed by atoms with van der Waals surface area (Å²) >= 11 is 0. The van der Waals surface area contributed by atoms with Crippen LogP contribution in [0, 0.1) is 0 Å². The minimum absolute atomic E-state index is 0. The van der Waals surface area contributed by atoms with Crippen LogP contribution in [0.1, 0.15) is 49.8 Å². The summed E-state index contributed by atoms with van der Waals surface area (Å²) in [6.45, 7) is 9.54. The molecule has 2 N–H and O–H groups in total. The molecule has 0 saturated heterocycles. The molecule has 0 atom stereocenters. The van der Waals surface area contributed by atoms with E-state index in [4.69, 9.17) is 9.73 Å². The second-order valence-corrected chi connectivity index (χ2v) is 7.43. The van der Waals surface area contributed by atoms with E-state index in [1.807, 2.05) is 24.3 Å². The first-order valence-corrected chi connectivity index (χ1v) is 11.1. The zero-order chi connectivity index (χ0) is 21.0. The maximum atomic E-state index is 5.73. The highest BCUT2D eigenvalue weighted by molar-refractivity contribution is 14.0. The molecule has 1 aromatic carbocycles. The quantitative estimate of drug-likeness (QED) is 0.158. The van der Waals surface area contributed by atoms with E-state index in [9.17, 15) is 0 Å². The number of rotatable bonds is 10. The van der Waals surface area contributed by atoms with Crippen molar-refractivity contribution in [3.05, 3.63) is 54.1 Å². The first kappa shape index (κ1) is 25.2. The lowest BCUT2D eigenvalue weighted by atomic mass is 10.2. The van der Waals surface area contributed by atoms with Gasteiger partial charge >= 0.3 is 0 Å². The number of aryl methyl sites for hydroxylation is 2. The summed E-state index contributed by atoms with van der Waals surface area (Å²) in [5.74, 6) is 3.94. The van der Waals surface area contributed by atoms with Gasteiger partial charge < -0.3 is 19.9 Å². The van der Waals surface area contributed by atoms with Crippen LogP contribution in [0.2, 0.25) is 0 Å². The molecule has 0 unspecified atom stereocenters. The second-order valence-electron chi connectivity index (χ2n) is 7.43. The van der Waals surface area contributed by atoms with Crippen molar-refractivity contribution in [3.8, 4) is 5.75 Å². The van der Waals surface area contributed by atoms with E-state index in [1.165, 1.54) is 19.3 Å². The van der Waals surface area contributed by atoms with Crippen molar-refractivity contribution in [3.63, 3.8) is 0 Å². The lowest BCUT2D eigenvalue weighted by molar-refractivity contribution is 0.359. The monoisotopic (exact) mass is 538 g/mol. The molecule has 0 radical (unpaired) electrons. The van der Waals surface area contributed by atoms with Gasteiger partial charge in [0.2, 0.25) is 0 Å². The smallest absolute Gasteiger partial charge is 0.191 e. The Bertz CT molecular complexity index is 835. The highest BCUT2D eigenvalue weighted by atomic mass is 127. The third-order valence-electron chi connectivity index (χ3n) is 5.14. The number of halogens is 1. The third-order valence-corrected chi connectivity index (χ3v) is 5.14. The third kappa shape index (κ3) is 7.83. The minimum Gasteiger partial charge on any atom is -0.489 e. The summed E-state index contributed by atoms with van der Waals surface area (Å²) in [4.78, 5) is 4.73. The molecular formula is C23H35IN6O. The Labute approximate surface area is 202 Å². The summed E-state index contributed by atoms with van der Waals surface area (Å²) in [7, 11) is 0. The molecule has 0 amide bonds. The molecule has 0 spiro atoms. The average molecular weight is 538 g/mol. The number of benzene rings is 1. The number of ether oxygens (including phenoxy) is 1. The maximum absolute atomic E-state index is 5.73. The second kappa shape index (κ2) is 14.1. The van der Waals surface area contributed by atoms with Crippen molar-refractivity contribution in [1.29, 1.82) is 0 Å². The van der Waals surface area contributed by atoms with Crippen molar-refractivity contribution in [2.24, 2.45) is 4.99 Å².